The van der Waals surface area contributed by atoms with Gasteiger partial charge in [0.2, 0.25) is 17.7 Å². The molecule has 0 bridgehead atoms. The van der Waals surface area contributed by atoms with Crippen molar-refractivity contribution >= 4 is 29.1 Å². The monoisotopic (exact) mass is 334 g/mol. The van der Waals surface area contributed by atoms with Crippen molar-refractivity contribution in [3.05, 3.63) is 24.3 Å². The highest BCUT2D eigenvalue weighted by Gasteiger charge is 2.11. The van der Waals surface area contributed by atoms with Gasteiger partial charge in [-0.2, -0.15) is 0 Å². The lowest BCUT2D eigenvalue weighted by Crippen LogP contribution is -2.37. The Balaban J connectivity index is 2.52. The summed E-state index contributed by atoms with van der Waals surface area (Å²) in [5.74, 6) is -0.389. The Hall–Kier alpha value is -2.41. The van der Waals surface area contributed by atoms with Gasteiger partial charge in [-0.25, -0.2) is 0 Å². The molecule has 0 aliphatic carbocycles. The van der Waals surface area contributed by atoms with Crippen LogP contribution < -0.4 is 10.6 Å². The van der Waals surface area contributed by atoms with Crippen molar-refractivity contribution in [2.24, 2.45) is 0 Å². The van der Waals surface area contributed by atoms with Gasteiger partial charge in [0, 0.05) is 51.3 Å². The minimum Gasteiger partial charge on any atom is -0.341 e. The van der Waals surface area contributed by atoms with Crippen LogP contribution in [-0.4, -0.2) is 61.3 Å². The van der Waals surface area contributed by atoms with Crippen LogP contribution in [0.4, 0.5) is 11.4 Å². The van der Waals surface area contributed by atoms with Crippen molar-refractivity contribution in [1.29, 1.82) is 0 Å². The highest BCUT2D eigenvalue weighted by atomic mass is 16.2. The lowest BCUT2D eigenvalue weighted by atomic mass is 10.2. The van der Waals surface area contributed by atoms with E-state index in [1.54, 1.807) is 29.2 Å². The summed E-state index contributed by atoms with van der Waals surface area (Å²) in [6.07, 6.45) is 0.220. The van der Waals surface area contributed by atoms with E-state index in [1.807, 2.05) is 19.0 Å². The first-order valence-electron chi connectivity index (χ1n) is 7.85. The summed E-state index contributed by atoms with van der Waals surface area (Å²) >= 11 is 0. The Morgan fingerprint density at radius 2 is 1.58 bits per heavy atom. The molecule has 0 saturated carbocycles. The van der Waals surface area contributed by atoms with Crippen molar-refractivity contribution in [2.45, 2.75) is 20.3 Å². The van der Waals surface area contributed by atoms with E-state index in [0.717, 1.165) is 6.54 Å². The van der Waals surface area contributed by atoms with E-state index in [-0.39, 0.29) is 24.1 Å². The van der Waals surface area contributed by atoms with E-state index in [9.17, 15) is 14.4 Å². The molecule has 3 amide bonds. The Bertz CT molecular complexity index is 587. The maximum absolute atomic E-state index is 12.1. The zero-order chi connectivity index (χ0) is 18.1. The summed E-state index contributed by atoms with van der Waals surface area (Å²) in [6.45, 7) is 4.65. The van der Waals surface area contributed by atoms with Gasteiger partial charge in [-0.3, -0.25) is 14.4 Å². The lowest BCUT2D eigenvalue weighted by Gasteiger charge is -2.22. The molecule has 2 N–H and O–H groups in total. The van der Waals surface area contributed by atoms with Crippen LogP contribution in [0, 0.1) is 0 Å². The second kappa shape index (κ2) is 9.67. The first-order chi connectivity index (χ1) is 11.3. The third-order valence-corrected chi connectivity index (χ3v) is 3.34. The van der Waals surface area contributed by atoms with Gasteiger partial charge in [-0.05, 0) is 32.3 Å². The van der Waals surface area contributed by atoms with E-state index in [2.05, 4.69) is 10.6 Å². The summed E-state index contributed by atoms with van der Waals surface area (Å²) in [7, 11) is 3.88. The number of hydrogen-bond donors (Lipinski definition) is 2. The van der Waals surface area contributed by atoms with Crippen molar-refractivity contribution < 1.29 is 14.4 Å². The Labute approximate surface area is 143 Å². The molecule has 0 atom stereocenters. The molecule has 1 aromatic carbocycles. The zero-order valence-corrected chi connectivity index (χ0v) is 14.8. The first kappa shape index (κ1) is 19.6. The molecule has 0 radical (unpaired) electrons. The number of nitrogens with one attached hydrogen (secondary N) is 2. The number of rotatable bonds is 8. The van der Waals surface area contributed by atoms with Crippen molar-refractivity contribution in [3.8, 4) is 0 Å². The molecule has 0 aromatic heterocycles. The largest absolute Gasteiger partial charge is 0.341 e. The fourth-order valence-corrected chi connectivity index (χ4v) is 2.09. The number of anilines is 2. The van der Waals surface area contributed by atoms with Gasteiger partial charge in [0.25, 0.3) is 0 Å². The zero-order valence-electron chi connectivity index (χ0n) is 14.8. The number of nitrogens with zero attached hydrogens (tertiary/aromatic N) is 2. The highest BCUT2D eigenvalue weighted by Crippen LogP contribution is 2.15. The highest BCUT2D eigenvalue weighted by molar-refractivity contribution is 5.93. The summed E-state index contributed by atoms with van der Waals surface area (Å²) in [5.41, 5.74) is 1.23. The average Bonchev–Trinajstić information content (AvgIpc) is 2.46. The average molecular weight is 334 g/mol. The predicted molar refractivity (Wildman–Crippen MR) is 94.8 cm³/mol. The molecular formula is C17H26N4O3. The minimum absolute atomic E-state index is 0.0442. The van der Waals surface area contributed by atoms with Crippen LogP contribution in [0.5, 0.6) is 0 Å². The third kappa shape index (κ3) is 7.73. The van der Waals surface area contributed by atoms with E-state index in [4.69, 9.17) is 0 Å². The SMILES string of the molecule is CC(=O)Nc1cccc(NC(=O)CCN(CCN(C)C)C(C)=O)c1. The number of carbonyl (C=O) groups excluding carboxylic acids is 3. The molecule has 132 valence electrons. The van der Waals surface area contributed by atoms with Gasteiger partial charge in [-0.1, -0.05) is 6.07 Å². The van der Waals surface area contributed by atoms with Crippen LogP contribution in [0.1, 0.15) is 20.3 Å². The van der Waals surface area contributed by atoms with Crippen LogP contribution in [0.2, 0.25) is 0 Å². The number of amides is 3. The predicted octanol–water partition coefficient (Wildman–Crippen LogP) is 1.38. The smallest absolute Gasteiger partial charge is 0.226 e. The first-order valence-corrected chi connectivity index (χ1v) is 7.85. The Kier molecular flexibility index (Phi) is 7.91. The van der Waals surface area contributed by atoms with Gasteiger partial charge in [0.1, 0.15) is 0 Å². The number of benzene rings is 1. The van der Waals surface area contributed by atoms with E-state index in [0.29, 0.717) is 24.5 Å². The molecule has 7 nitrogen and oxygen atoms in total. The summed E-state index contributed by atoms with van der Waals surface area (Å²) in [6, 6.07) is 6.93. The van der Waals surface area contributed by atoms with Crippen LogP contribution in [-0.2, 0) is 14.4 Å². The van der Waals surface area contributed by atoms with Crippen molar-refractivity contribution in [1.82, 2.24) is 9.80 Å². The Morgan fingerprint density at radius 1 is 0.958 bits per heavy atom. The summed E-state index contributed by atoms with van der Waals surface area (Å²) in [5, 5.41) is 5.44. The normalized spacial score (nSPS) is 10.4. The maximum atomic E-state index is 12.1. The molecule has 24 heavy (non-hydrogen) atoms. The van der Waals surface area contributed by atoms with Crippen molar-refractivity contribution in [2.75, 3.05) is 44.4 Å². The Morgan fingerprint density at radius 3 is 2.12 bits per heavy atom. The fraction of sp³-hybridized carbons (Fsp3) is 0.471. The molecule has 1 rings (SSSR count). The van der Waals surface area contributed by atoms with Crippen molar-refractivity contribution in [3.63, 3.8) is 0 Å². The summed E-state index contributed by atoms with van der Waals surface area (Å²) in [4.78, 5) is 38.4. The molecule has 0 saturated heterocycles. The van der Waals surface area contributed by atoms with E-state index in [1.165, 1.54) is 13.8 Å². The van der Waals surface area contributed by atoms with Gasteiger partial charge in [0.15, 0.2) is 0 Å². The molecule has 7 heteroatoms. The molecular weight excluding hydrogens is 308 g/mol. The maximum Gasteiger partial charge on any atom is 0.226 e. The number of likely N-dealkylation sites (N-methyl/N-ethyl adjacent to an activating group) is 1. The van der Waals surface area contributed by atoms with Gasteiger partial charge in [0.05, 0.1) is 0 Å². The molecule has 0 unspecified atom stereocenters. The molecule has 0 aliphatic heterocycles. The van der Waals surface area contributed by atoms with Crippen LogP contribution >= 0.6 is 0 Å². The minimum atomic E-state index is -0.175. The van der Waals surface area contributed by atoms with Crippen LogP contribution in [0.15, 0.2) is 24.3 Å². The fourth-order valence-electron chi connectivity index (χ4n) is 2.09. The molecule has 1 aromatic rings. The standard InChI is InChI=1S/C17H26N4O3/c1-13(22)18-15-6-5-7-16(12-15)19-17(24)8-9-21(14(2)23)11-10-20(3)4/h5-7,12H,8-11H2,1-4H3,(H,18,22)(H,19,24). The van der Waals surface area contributed by atoms with Gasteiger partial charge < -0.3 is 20.4 Å². The topological polar surface area (TPSA) is 81.8 Å². The van der Waals surface area contributed by atoms with Crippen LogP contribution in [0.3, 0.4) is 0 Å². The summed E-state index contributed by atoms with van der Waals surface area (Å²) < 4.78 is 0. The van der Waals surface area contributed by atoms with Crippen LogP contribution in [0.25, 0.3) is 0 Å². The molecule has 0 fully saturated rings. The molecule has 0 heterocycles. The lowest BCUT2D eigenvalue weighted by molar-refractivity contribution is -0.129. The molecule has 0 spiro atoms. The van der Waals surface area contributed by atoms with E-state index < -0.39 is 0 Å². The number of hydrogen-bond acceptors (Lipinski definition) is 4. The van der Waals surface area contributed by atoms with Gasteiger partial charge >= 0.3 is 0 Å². The third-order valence-electron chi connectivity index (χ3n) is 3.34. The number of carbonyl (C=O) groups is 3. The molecule has 0 aliphatic rings. The second-order valence-corrected chi connectivity index (χ2v) is 5.87. The van der Waals surface area contributed by atoms with E-state index >= 15 is 0 Å². The quantitative estimate of drug-likeness (QED) is 0.752. The van der Waals surface area contributed by atoms with Gasteiger partial charge in [-0.15, -0.1) is 0 Å². The second-order valence-electron chi connectivity index (χ2n) is 5.87.